The Kier molecular flexibility index (Phi) is 6.84. The average molecular weight is 559 g/mol. The number of ether oxygens (including phenoxy) is 2. The van der Waals surface area contributed by atoms with Gasteiger partial charge in [-0.3, -0.25) is 0 Å². The molecule has 1 aromatic carbocycles. The molecule has 0 radical (unpaired) electrons. The van der Waals surface area contributed by atoms with Gasteiger partial charge in [-0.1, -0.05) is 11.6 Å². The molecule has 2 N–H and O–H groups in total. The minimum atomic E-state index is -0.662. The highest BCUT2D eigenvalue weighted by atomic mass is 35.5. The number of imidazole rings is 1. The number of methoxy groups -OCH3 is 1. The Morgan fingerprint density at radius 3 is 2.87 bits per heavy atom. The molecule has 5 heterocycles. The van der Waals surface area contributed by atoms with Crippen LogP contribution in [0.1, 0.15) is 57.3 Å². The maximum Gasteiger partial charge on any atom is 0.409 e. The second-order valence-corrected chi connectivity index (χ2v) is 11.3. The van der Waals surface area contributed by atoms with Crippen LogP contribution in [-0.2, 0) is 9.47 Å². The number of carbonyl (C=O) groups is 1. The number of halogens is 2. The van der Waals surface area contributed by atoms with Crippen LogP contribution < -0.4 is 5.32 Å². The first-order valence-corrected chi connectivity index (χ1v) is 13.8. The minimum Gasteiger partial charge on any atom is -0.453 e. The molecule has 0 aliphatic carbocycles. The van der Waals surface area contributed by atoms with Crippen molar-refractivity contribution in [2.45, 2.75) is 75.8 Å². The lowest BCUT2D eigenvalue weighted by atomic mass is 10.0. The third kappa shape index (κ3) is 4.70. The summed E-state index contributed by atoms with van der Waals surface area (Å²) in [5, 5.41) is 14.2. The van der Waals surface area contributed by atoms with E-state index in [-0.39, 0.29) is 46.8 Å². The summed E-state index contributed by atoms with van der Waals surface area (Å²) in [4.78, 5) is 27.3. The number of likely N-dealkylation sites (tertiary alicyclic amines) is 1. The Hall–Kier alpha value is -3.02. The Morgan fingerprint density at radius 2 is 2.10 bits per heavy atom. The summed E-state index contributed by atoms with van der Waals surface area (Å²) in [6.45, 7) is 5.06. The number of rotatable bonds is 5. The molecule has 2 aromatic heterocycles. The van der Waals surface area contributed by atoms with Crippen LogP contribution >= 0.6 is 11.6 Å². The molecule has 2 bridgehead atoms. The van der Waals surface area contributed by atoms with E-state index in [1.165, 1.54) is 19.4 Å². The van der Waals surface area contributed by atoms with Gasteiger partial charge in [0.1, 0.15) is 17.4 Å². The Morgan fingerprint density at radius 1 is 1.28 bits per heavy atom. The number of carbonyl (C=O) groups excluding carboxylic acids is 1. The fourth-order valence-electron chi connectivity index (χ4n) is 6.19. The third-order valence-corrected chi connectivity index (χ3v) is 8.34. The molecule has 3 aromatic rings. The first-order valence-electron chi connectivity index (χ1n) is 13.4. The first-order chi connectivity index (χ1) is 18.7. The summed E-state index contributed by atoms with van der Waals surface area (Å²) in [7, 11) is 1.37. The van der Waals surface area contributed by atoms with Crippen molar-refractivity contribution < 1.29 is 23.8 Å². The van der Waals surface area contributed by atoms with Crippen molar-refractivity contribution in [1.29, 1.82) is 0 Å². The second-order valence-electron chi connectivity index (χ2n) is 10.9. The zero-order valence-corrected chi connectivity index (χ0v) is 22.9. The van der Waals surface area contributed by atoms with Crippen molar-refractivity contribution in [3.05, 3.63) is 35.0 Å². The van der Waals surface area contributed by atoms with Crippen LogP contribution in [-0.4, -0.2) is 80.2 Å². The van der Waals surface area contributed by atoms with Crippen molar-refractivity contribution in [2.24, 2.45) is 0 Å². The molecular weight excluding hydrogens is 527 g/mol. The maximum absolute atomic E-state index is 15.6. The van der Waals surface area contributed by atoms with Gasteiger partial charge in [-0.15, -0.1) is 0 Å². The fraction of sp³-hybridized carbons (Fsp3) is 0.556. The molecule has 12 heteroatoms. The molecule has 10 nitrogen and oxygen atoms in total. The Bertz CT molecular complexity index is 1420. The van der Waals surface area contributed by atoms with Gasteiger partial charge < -0.3 is 29.4 Å². The number of fused-ring (bicyclic) bond motifs is 3. The van der Waals surface area contributed by atoms with Crippen LogP contribution in [0.4, 0.5) is 15.1 Å². The molecule has 3 fully saturated rings. The lowest BCUT2D eigenvalue weighted by molar-refractivity contribution is -0.0811. The van der Waals surface area contributed by atoms with Gasteiger partial charge in [0, 0.05) is 30.6 Å². The van der Waals surface area contributed by atoms with E-state index in [1.54, 1.807) is 4.90 Å². The lowest BCUT2D eigenvalue weighted by Gasteiger charge is -2.33. The number of amides is 1. The molecule has 0 unspecified atom stereocenters. The van der Waals surface area contributed by atoms with Crippen molar-refractivity contribution in [3.63, 3.8) is 0 Å². The number of benzene rings is 1. The Balaban J connectivity index is 1.35. The quantitative estimate of drug-likeness (QED) is 0.470. The van der Waals surface area contributed by atoms with Crippen molar-refractivity contribution >= 4 is 34.7 Å². The zero-order valence-electron chi connectivity index (χ0n) is 22.1. The number of aromatic nitrogens is 4. The molecule has 5 atom stereocenters. The molecule has 39 heavy (non-hydrogen) atoms. The standard InChI is InChI=1S/C27H32ClFN6O4/c1-13(2)35-20-9-15(8-18(29)23(20)32-25(35)14-6-7-34(12-14)27(37)38-3)22-17(28)11-30-26(33-22)31-19-10-16-4-5-21(39-16)24(19)36/h8-9,11,13-14,16,19,21,24,36H,4-7,10,12H2,1-3H3,(H,30,31,33)/t14-,16-,19+,21+,24-/m1/s1. The summed E-state index contributed by atoms with van der Waals surface area (Å²) >= 11 is 6.52. The number of nitrogens with zero attached hydrogens (tertiary/aromatic N) is 5. The summed E-state index contributed by atoms with van der Waals surface area (Å²) in [6.07, 6.45) is 3.52. The first kappa shape index (κ1) is 26.2. The van der Waals surface area contributed by atoms with Crippen LogP contribution in [0.5, 0.6) is 0 Å². The fourth-order valence-corrected chi connectivity index (χ4v) is 6.39. The SMILES string of the molecule is COC(=O)N1CC[C@@H](c2nc3c(F)cc(-c4nc(N[C@H]5C[C@H]6CC[C@H](O6)[C@@H]5O)ncc4Cl)cc3n2C(C)C)C1. The number of hydrogen-bond donors (Lipinski definition) is 2. The summed E-state index contributed by atoms with van der Waals surface area (Å²) < 4.78 is 28.3. The summed E-state index contributed by atoms with van der Waals surface area (Å²) in [5.74, 6) is 0.530. The highest BCUT2D eigenvalue weighted by molar-refractivity contribution is 6.33. The van der Waals surface area contributed by atoms with Crippen LogP contribution in [0.15, 0.2) is 18.3 Å². The van der Waals surface area contributed by atoms with Gasteiger partial charge in [-0.2, -0.15) is 0 Å². The predicted molar refractivity (Wildman–Crippen MR) is 143 cm³/mol. The van der Waals surface area contributed by atoms with Gasteiger partial charge in [0.25, 0.3) is 0 Å². The topological polar surface area (TPSA) is 115 Å². The van der Waals surface area contributed by atoms with Crippen molar-refractivity contribution in [2.75, 3.05) is 25.5 Å². The molecule has 6 rings (SSSR count). The van der Waals surface area contributed by atoms with Gasteiger partial charge in [0.05, 0.1) is 47.8 Å². The normalized spacial score (nSPS) is 26.5. The van der Waals surface area contributed by atoms with Crippen LogP contribution in [0, 0.1) is 5.82 Å². The van der Waals surface area contributed by atoms with E-state index in [0.717, 1.165) is 18.7 Å². The van der Waals surface area contributed by atoms with E-state index in [9.17, 15) is 9.90 Å². The largest absolute Gasteiger partial charge is 0.453 e. The van der Waals surface area contributed by atoms with Crippen LogP contribution in [0.2, 0.25) is 5.02 Å². The number of aliphatic hydroxyl groups is 1. The number of aliphatic hydroxyl groups excluding tert-OH is 1. The summed E-state index contributed by atoms with van der Waals surface area (Å²) in [6, 6.07) is 2.99. The van der Waals surface area contributed by atoms with Crippen LogP contribution in [0.3, 0.4) is 0 Å². The molecule has 208 valence electrons. The van der Waals surface area contributed by atoms with E-state index in [2.05, 4.69) is 15.3 Å². The molecule has 3 aliphatic rings. The highest BCUT2D eigenvalue weighted by Crippen LogP contribution is 2.37. The monoisotopic (exact) mass is 558 g/mol. The van der Waals surface area contributed by atoms with Crippen molar-refractivity contribution in [3.8, 4) is 11.3 Å². The smallest absolute Gasteiger partial charge is 0.409 e. The summed E-state index contributed by atoms with van der Waals surface area (Å²) in [5.41, 5.74) is 1.78. The van der Waals surface area contributed by atoms with Gasteiger partial charge in [-0.05, 0) is 51.7 Å². The van der Waals surface area contributed by atoms with Gasteiger partial charge in [0.2, 0.25) is 5.95 Å². The zero-order chi connectivity index (χ0) is 27.4. The molecule has 0 spiro atoms. The highest BCUT2D eigenvalue weighted by Gasteiger charge is 2.42. The van der Waals surface area contributed by atoms with E-state index in [4.69, 9.17) is 26.1 Å². The van der Waals surface area contributed by atoms with E-state index >= 15 is 4.39 Å². The van der Waals surface area contributed by atoms with Crippen LogP contribution in [0.25, 0.3) is 22.3 Å². The second kappa shape index (κ2) is 10.2. The third-order valence-electron chi connectivity index (χ3n) is 8.06. The minimum absolute atomic E-state index is 0.00435. The van der Waals surface area contributed by atoms with Crippen molar-refractivity contribution in [1.82, 2.24) is 24.4 Å². The number of hydrogen-bond acceptors (Lipinski definition) is 8. The predicted octanol–water partition coefficient (Wildman–Crippen LogP) is 4.52. The lowest BCUT2D eigenvalue weighted by Crippen LogP contribution is -2.47. The number of nitrogens with one attached hydrogen (secondary N) is 1. The molecule has 0 saturated carbocycles. The average Bonchev–Trinajstić information content (AvgIpc) is 3.65. The Labute approximate surface area is 230 Å². The van der Waals surface area contributed by atoms with Gasteiger partial charge in [0.15, 0.2) is 5.82 Å². The van der Waals surface area contributed by atoms with E-state index in [1.807, 2.05) is 24.5 Å². The van der Waals surface area contributed by atoms with E-state index < -0.39 is 11.9 Å². The molecule has 1 amide bonds. The van der Waals surface area contributed by atoms with E-state index in [0.29, 0.717) is 48.7 Å². The number of anilines is 1. The van der Waals surface area contributed by atoms with Gasteiger partial charge >= 0.3 is 6.09 Å². The molecule has 3 saturated heterocycles. The molecular formula is C27H32ClFN6O4. The maximum atomic E-state index is 15.6. The van der Waals surface area contributed by atoms with Gasteiger partial charge in [-0.25, -0.2) is 24.1 Å². The molecule has 3 aliphatic heterocycles.